The molecule has 1 aromatic heterocycles. The highest BCUT2D eigenvalue weighted by molar-refractivity contribution is 7.99. The summed E-state index contributed by atoms with van der Waals surface area (Å²) >= 11 is 6.47. The van der Waals surface area contributed by atoms with Crippen molar-refractivity contribution in [3.8, 4) is 0 Å². The SMILES string of the molecule is Cc1cc(=O)[nH]c(SCC(=O)Nc2ccc(Cl)c(C(F)(F)F)c2)n1. The number of carbonyl (C=O) groups excluding carboxylic acids is 1. The Morgan fingerprint density at radius 3 is 2.71 bits per heavy atom. The minimum atomic E-state index is -4.61. The predicted octanol–water partition coefficient (Wildman–Crippen LogP) is 3.48. The summed E-state index contributed by atoms with van der Waals surface area (Å²) in [7, 11) is 0. The summed E-state index contributed by atoms with van der Waals surface area (Å²) < 4.78 is 38.3. The van der Waals surface area contributed by atoms with Gasteiger partial charge in [0.15, 0.2) is 5.16 Å². The van der Waals surface area contributed by atoms with Gasteiger partial charge in [-0.15, -0.1) is 0 Å². The molecule has 0 atom stereocenters. The summed E-state index contributed by atoms with van der Waals surface area (Å²) in [5.74, 6) is -0.671. The molecular formula is C14H11ClF3N3O2S. The molecule has 0 saturated carbocycles. The normalized spacial score (nSPS) is 11.4. The number of hydrogen-bond donors (Lipinski definition) is 2. The fourth-order valence-corrected chi connectivity index (χ4v) is 2.72. The van der Waals surface area contributed by atoms with E-state index in [4.69, 9.17) is 11.6 Å². The topological polar surface area (TPSA) is 74.8 Å². The van der Waals surface area contributed by atoms with Crippen molar-refractivity contribution in [2.75, 3.05) is 11.1 Å². The molecule has 0 aliphatic carbocycles. The van der Waals surface area contributed by atoms with Crippen molar-refractivity contribution >= 4 is 35.0 Å². The molecule has 0 unspecified atom stereocenters. The first-order valence-electron chi connectivity index (χ1n) is 6.52. The highest BCUT2D eigenvalue weighted by Gasteiger charge is 2.33. The van der Waals surface area contributed by atoms with Gasteiger partial charge in [-0.1, -0.05) is 23.4 Å². The molecule has 10 heteroatoms. The Labute approximate surface area is 143 Å². The zero-order valence-corrected chi connectivity index (χ0v) is 13.8. The van der Waals surface area contributed by atoms with Crippen LogP contribution in [0.25, 0.3) is 0 Å². The van der Waals surface area contributed by atoms with Gasteiger partial charge in [0.1, 0.15) is 0 Å². The van der Waals surface area contributed by atoms with Gasteiger partial charge < -0.3 is 10.3 Å². The van der Waals surface area contributed by atoms with E-state index in [9.17, 15) is 22.8 Å². The zero-order chi connectivity index (χ0) is 17.9. The summed E-state index contributed by atoms with van der Waals surface area (Å²) in [5, 5.41) is 2.15. The molecule has 0 spiro atoms. The fraction of sp³-hybridized carbons (Fsp3) is 0.214. The minimum absolute atomic E-state index is 0.0250. The Morgan fingerprint density at radius 1 is 1.38 bits per heavy atom. The Bertz CT molecular complexity index is 824. The summed E-state index contributed by atoms with van der Waals surface area (Å²) in [6.45, 7) is 1.63. The van der Waals surface area contributed by atoms with Crippen molar-refractivity contribution in [2.24, 2.45) is 0 Å². The van der Waals surface area contributed by atoms with Gasteiger partial charge in [0.2, 0.25) is 5.91 Å². The van der Waals surface area contributed by atoms with Crippen LogP contribution in [0.5, 0.6) is 0 Å². The van der Waals surface area contributed by atoms with Gasteiger partial charge in [0.05, 0.1) is 16.3 Å². The number of nitrogens with zero attached hydrogens (tertiary/aromatic N) is 1. The summed E-state index contributed by atoms with van der Waals surface area (Å²) in [6.07, 6.45) is -4.61. The third kappa shape index (κ3) is 5.00. The van der Waals surface area contributed by atoms with Crippen LogP contribution in [0.1, 0.15) is 11.3 Å². The van der Waals surface area contributed by atoms with Gasteiger partial charge in [-0.2, -0.15) is 13.2 Å². The predicted molar refractivity (Wildman–Crippen MR) is 85.4 cm³/mol. The second kappa shape index (κ2) is 7.27. The maximum absolute atomic E-state index is 12.8. The number of alkyl halides is 3. The molecule has 0 saturated heterocycles. The van der Waals surface area contributed by atoms with Crippen LogP contribution in [-0.2, 0) is 11.0 Å². The van der Waals surface area contributed by atoms with E-state index in [0.717, 1.165) is 23.9 Å². The first kappa shape index (κ1) is 18.3. The first-order valence-corrected chi connectivity index (χ1v) is 7.89. The maximum Gasteiger partial charge on any atom is 0.417 e. The van der Waals surface area contributed by atoms with E-state index >= 15 is 0 Å². The lowest BCUT2D eigenvalue weighted by molar-refractivity contribution is -0.137. The lowest BCUT2D eigenvalue weighted by Gasteiger charge is -2.11. The van der Waals surface area contributed by atoms with Crippen molar-refractivity contribution in [1.29, 1.82) is 0 Å². The average Bonchev–Trinajstić information content (AvgIpc) is 2.45. The molecule has 128 valence electrons. The molecule has 5 nitrogen and oxygen atoms in total. The van der Waals surface area contributed by atoms with Crippen LogP contribution in [0, 0.1) is 6.92 Å². The van der Waals surface area contributed by atoms with Crippen LogP contribution in [0.4, 0.5) is 18.9 Å². The molecule has 2 rings (SSSR count). The lowest BCUT2D eigenvalue weighted by atomic mass is 10.2. The highest BCUT2D eigenvalue weighted by Crippen LogP contribution is 2.36. The van der Waals surface area contributed by atoms with E-state index in [-0.39, 0.29) is 22.2 Å². The van der Waals surface area contributed by atoms with Crippen LogP contribution in [-0.4, -0.2) is 21.6 Å². The number of H-pyrrole nitrogens is 1. The van der Waals surface area contributed by atoms with Crippen LogP contribution >= 0.6 is 23.4 Å². The fourth-order valence-electron chi connectivity index (χ4n) is 1.77. The van der Waals surface area contributed by atoms with Crippen LogP contribution in [0.2, 0.25) is 5.02 Å². The van der Waals surface area contributed by atoms with Crippen LogP contribution in [0.15, 0.2) is 34.2 Å². The number of aromatic nitrogens is 2. The summed E-state index contributed by atoms with van der Waals surface area (Å²) in [4.78, 5) is 29.6. The number of thioether (sulfide) groups is 1. The van der Waals surface area contributed by atoms with Gasteiger partial charge in [-0.3, -0.25) is 9.59 Å². The number of amides is 1. The van der Waals surface area contributed by atoms with Gasteiger partial charge in [-0.05, 0) is 25.1 Å². The second-order valence-corrected chi connectivity index (χ2v) is 6.09. The molecule has 0 radical (unpaired) electrons. The number of hydrogen-bond acceptors (Lipinski definition) is 4. The van der Waals surface area contributed by atoms with Crippen molar-refractivity contribution in [1.82, 2.24) is 9.97 Å². The maximum atomic E-state index is 12.8. The zero-order valence-electron chi connectivity index (χ0n) is 12.2. The minimum Gasteiger partial charge on any atom is -0.325 e. The number of nitrogens with one attached hydrogen (secondary N) is 2. The molecule has 2 aromatic rings. The number of aromatic amines is 1. The smallest absolute Gasteiger partial charge is 0.325 e. The Morgan fingerprint density at radius 2 is 2.08 bits per heavy atom. The van der Waals surface area contributed by atoms with Gasteiger partial charge in [-0.25, -0.2) is 4.98 Å². The van der Waals surface area contributed by atoms with E-state index in [0.29, 0.717) is 5.69 Å². The Hall–Kier alpha value is -2.00. The lowest BCUT2D eigenvalue weighted by Crippen LogP contribution is -2.16. The Balaban J connectivity index is 2.03. The molecule has 2 N–H and O–H groups in total. The quantitative estimate of drug-likeness (QED) is 0.632. The Kier molecular flexibility index (Phi) is 5.55. The van der Waals surface area contributed by atoms with E-state index in [1.54, 1.807) is 6.92 Å². The van der Waals surface area contributed by atoms with Gasteiger partial charge in [0.25, 0.3) is 5.56 Å². The van der Waals surface area contributed by atoms with E-state index < -0.39 is 22.7 Å². The summed E-state index contributed by atoms with van der Waals surface area (Å²) in [5.41, 5.74) is -0.908. The standard InChI is InChI=1S/C14H11ClF3N3O2S/c1-7-4-11(22)21-13(19-7)24-6-12(23)20-8-2-3-10(15)9(5-8)14(16,17)18/h2-5H,6H2,1H3,(H,20,23)(H,19,21,22). The third-order valence-electron chi connectivity index (χ3n) is 2.74. The molecule has 0 fully saturated rings. The number of carbonyl (C=O) groups is 1. The second-order valence-electron chi connectivity index (χ2n) is 4.72. The first-order chi connectivity index (χ1) is 11.1. The molecule has 0 bridgehead atoms. The third-order valence-corrected chi connectivity index (χ3v) is 3.95. The summed E-state index contributed by atoms with van der Waals surface area (Å²) in [6, 6.07) is 4.40. The van der Waals surface area contributed by atoms with Crippen molar-refractivity contribution in [3.63, 3.8) is 0 Å². The van der Waals surface area contributed by atoms with Gasteiger partial charge >= 0.3 is 6.18 Å². The molecule has 0 aliphatic heterocycles. The molecule has 1 heterocycles. The van der Waals surface area contributed by atoms with E-state index in [2.05, 4.69) is 15.3 Å². The number of aryl methyl sites for hydroxylation is 1. The number of anilines is 1. The average molecular weight is 378 g/mol. The van der Waals surface area contributed by atoms with E-state index in [1.807, 2.05) is 0 Å². The van der Waals surface area contributed by atoms with Crippen molar-refractivity contribution < 1.29 is 18.0 Å². The monoisotopic (exact) mass is 377 g/mol. The molecule has 24 heavy (non-hydrogen) atoms. The number of benzene rings is 1. The molecule has 1 aromatic carbocycles. The van der Waals surface area contributed by atoms with Crippen LogP contribution in [0.3, 0.4) is 0 Å². The van der Waals surface area contributed by atoms with Crippen molar-refractivity contribution in [2.45, 2.75) is 18.3 Å². The molecule has 1 amide bonds. The van der Waals surface area contributed by atoms with Crippen molar-refractivity contribution in [3.05, 3.63) is 50.9 Å². The van der Waals surface area contributed by atoms with Gasteiger partial charge in [0, 0.05) is 17.4 Å². The largest absolute Gasteiger partial charge is 0.417 e. The van der Waals surface area contributed by atoms with E-state index in [1.165, 1.54) is 12.1 Å². The number of halogens is 4. The molecular weight excluding hydrogens is 367 g/mol. The molecule has 0 aliphatic rings. The van der Waals surface area contributed by atoms with Crippen LogP contribution < -0.4 is 10.9 Å². The number of rotatable bonds is 4. The highest BCUT2D eigenvalue weighted by atomic mass is 35.5.